The lowest BCUT2D eigenvalue weighted by molar-refractivity contribution is -0.133. The number of carbonyl (C=O) groups is 1. The standard InChI is InChI=1S/C19H28N2O.ClH/c20-18-8-4-7-17(18)14-19(22)21-11-9-16(10-12-21)13-15-5-2-1-3-6-15;/h1-3,5-6,16-18H,4,7-14,20H2;1H/t17-,18+;/m0./s1. The minimum absolute atomic E-state index is 0. The van der Waals surface area contributed by atoms with Crippen molar-refractivity contribution in [3.8, 4) is 0 Å². The van der Waals surface area contributed by atoms with Crippen LogP contribution in [0.15, 0.2) is 30.3 Å². The molecular formula is C19H29ClN2O. The van der Waals surface area contributed by atoms with Crippen LogP contribution in [0.5, 0.6) is 0 Å². The van der Waals surface area contributed by atoms with Crippen LogP contribution in [-0.2, 0) is 11.2 Å². The molecular weight excluding hydrogens is 308 g/mol. The molecule has 0 unspecified atom stereocenters. The van der Waals surface area contributed by atoms with Crippen LogP contribution in [0, 0.1) is 11.8 Å². The SMILES string of the molecule is Cl.N[C@@H]1CCC[C@H]1CC(=O)N1CCC(Cc2ccccc2)CC1. The number of nitrogens with two attached hydrogens (primary N) is 1. The molecule has 2 atom stereocenters. The van der Waals surface area contributed by atoms with Crippen LogP contribution >= 0.6 is 12.4 Å². The molecule has 1 aliphatic carbocycles. The highest BCUT2D eigenvalue weighted by atomic mass is 35.5. The summed E-state index contributed by atoms with van der Waals surface area (Å²) in [5.74, 6) is 1.48. The van der Waals surface area contributed by atoms with E-state index in [1.54, 1.807) is 0 Å². The van der Waals surface area contributed by atoms with Crippen LogP contribution in [0.1, 0.15) is 44.1 Å². The Hall–Kier alpha value is -1.06. The van der Waals surface area contributed by atoms with Gasteiger partial charge < -0.3 is 10.6 Å². The van der Waals surface area contributed by atoms with E-state index in [9.17, 15) is 4.79 Å². The molecule has 4 heteroatoms. The highest BCUT2D eigenvalue weighted by Gasteiger charge is 2.29. The summed E-state index contributed by atoms with van der Waals surface area (Å²) < 4.78 is 0. The summed E-state index contributed by atoms with van der Waals surface area (Å²) in [6.45, 7) is 1.86. The van der Waals surface area contributed by atoms with Gasteiger partial charge in [0.05, 0.1) is 0 Å². The van der Waals surface area contributed by atoms with Crippen molar-refractivity contribution in [3.63, 3.8) is 0 Å². The van der Waals surface area contributed by atoms with Crippen LogP contribution in [0.3, 0.4) is 0 Å². The Morgan fingerprint density at radius 1 is 1.09 bits per heavy atom. The quantitative estimate of drug-likeness (QED) is 0.915. The molecule has 1 aliphatic heterocycles. The average Bonchev–Trinajstić information content (AvgIpc) is 2.94. The first-order valence-corrected chi connectivity index (χ1v) is 8.79. The van der Waals surface area contributed by atoms with Crippen LogP contribution in [0.4, 0.5) is 0 Å². The Morgan fingerprint density at radius 3 is 2.39 bits per heavy atom. The normalized spacial score (nSPS) is 25.2. The fourth-order valence-electron chi connectivity index (χ4n) is 4.01. The second-order valence-electron chi connectivity index (χ2n) is 7.07. The van der Waals surface area contributed by atoms with E-state index in [1.807, 2.05) is 0 Å². The van der Waals surface area contributed by atoms with Gasteiger partial charge in [-0.3, -0.25) is 4.79 Å². The van der Waals surface area contributed by atoms with Gasteiger partial charge in [0.25, 0.3) is 0 Å². The number of carbonyl (C=O) groups excluding carboxylic acids is 1. The van der Waals surface area contributed by atoms with E-state index in [4.69, 9.17) is 5.73 Å². The predicted octanol–water partition coefficient (Wildman–Crippen LogP) is 3.41. The monoisotopic (exact) mass is 336 g/mol. The zero-order valence-electron chi connectivity index (χ0n) is 13.8. The Balaban J connectivity index is 0.00000192. The van der Waals surface area contributed by atoms with Crippen molar-refractivity contribution in [2.24, 2.45) is 17.6 Å². The van der Waals surface area contributed by atoms with Crippen LogP contribution in [0.25, 0.3) is 0 Å². The Kier molecular flexibility index (Phi) is 6.91. The van der Waals surface area contributed by atoms with Gasteiger partial charge in [-0.2, -0.15) is 0 Å². The summed E-state index contributed by atoms with van der Waals surface area (Å²) in [6.07, 6.45) is 7.52. The number of benzene rings is 1. The lowest BCUT2D eigenvalue weighted by atomic mass is 9.89. The van der Waals surface area contributed by atoms with Crippen LogP contribution in [0.2, 0.25) is 0 Å². The fraction of sp³-hybridized carbons (Fsp3) is 0.632. The third kappa shape index (κ3) is 4.95. The second-order valence-corrected chi connectivity index (χ2v) is 7.07. The molecule has 3 nitrogen and oxygen atoms in total. The zero-order valence-corrected chi connectivity index (χ0v) is 14.6. The molecule has 0 bridgehead atoms. The molecule has 128 valence electrons. The molecule has 1 saturated heterocycles. The van der Waals surface area contributed by atoms with Gasteiger partial charge in [-0.25, -0.2) is 0 Å². The van der Waals surface area contributed by atoms with Gasteiger partial charge >= 0.3 is 0 Å². The van der Waals surface area contributed by atoms with Crippen molar-refractivity contribution in [3.05, 3.63) is 35.9 Å². The highest BCUT2D eigenvalue weighted by molar-refractivity contribution is 5.85. The molecule has 0 aromatic heterocycles. The van der Waals surface area contributed by atoms with Gasteiger partial charge in [0, 0.05) is 25.6 Å². The largest absolute Gasteiger partial charge is 0.343 e. The molecule has 1 amide bonds. The molecule has 1 aromatic carbocycles. The maximum atomic E-state index is 12.4. The van der Waals surface area contributed by atoms with Gasteiger partial charge in [0.2, 0.25) is 5.91 Å². The number of piperidine rings is 1. The first kappa shape index (κ1) is 18.3. The van der Waals surface area contributed by atoms with E-state index in [1.165, 1.54) is 12.0 Å². The van der Waals surface area contributed by atoms with Crippen molar-refractivity contribution in [2.45, 2.75) is 51.0 Å². The van der Waals surface area contributed by atoms with Crippen LogP contribution < -0.4 is 5.73 Å². The van der Waals surface area contributed by atoms with E-state index in [0.717, 1.165) is 51.1 Å². The molecule has 1 heterocycles. The van der Waals surface area contributed by atoms with Crippen molar-refractivity contribution in [1.29, 1.82) is 0 Å². The second kappa shape index (κ2) is 8.70. The lowest BCUT2D eigenvalue weighted by Crippen LogP contribution is -2.40. The summed E-state index contributed by atoms with van der Waals surface area (Å²) >= 11 is 0. The summed E-state index contributed by atoms with van der Waals surface area (Å²) in [4.78, 5) is 14.5. The maximum absolute atomic E-state index is 12.4. The van der Waals surface area contributed by atoms with Gasteiger partial charge in [-0.15, -0.1) is 12.4 Å². The maximum Gasteiger partial charge on any atom is 0.222 e. The average molecular weight is 337 g/mol. The summed E-state index contributed by atoms with van der Waals surface area (Å²) in [6, 6.07) is 11.0. The van der Waals surface area contributed by atoms with E-state index >= 15 is 0 Å². The highest BCUT2D eigenvalue weighted by Crippen LogP contribution is 2.28. The van der Waals surface area contributed by atoms with Gasteiger partial charge in [-0.1, -0.05) is 36.8 Å². The Labute approximate surface area is 146 Å². The predicted molar refractivity (Wildman–Crippen MR) is 96.6 cm³/mol. The molecule has 3 rings (SSSR count). The molecule has 2 N–H and O–H groups in total. The smallest absolute Gasteiger partial charge is 0.222 e. The Bertz CT molecular complexity index is 485. The minimum Gasteiger partial charge on any atom is -0.343 e. The van der Waals surface area contributed by atoms with Crippen molar-refractivity contribution in [2.75, 3.05) is 13.1 Å². The summed E-state index contributed by atoms with van der Waals surface area (Å²) in [5, 5.41) is 0. The number of halogens is 1. The van der Waals surface area contributed by atoms with E-state index in [2.05, 4.69) is 35.2 Å². The van der Waals surface area contributed by atoms with Crippen molar-refractivity contribution >= 4 is 18.3 Å². The molecule has 2 aliphatic rings. The first-order chi connectivity index (χ1) is 10.7. The molecule has 0 spiro atoms. The lowest BCUT2D eigenvalue weighted by Gasteiger charge is -2.33. The number of hydrogen-bond donors (Lipinski definition) is 1. The van der Waals surface area contributed by atoms with E-state index in [0.29, 0.717) is 18.2 Å². The zero-order chi connectivity index (χ0) is 15.4. The van der Waals surface area contributed by atoms with Crippen molar-refractivity contribution < 1.29 is 4.79 Å². The number of likely N-dealkylation sites (tertiary alicyclic amines) is 1. The third-order valence-corrected chi connectivity index (χ3v) is 5.49. The number of amides is 1. The van der Waals surface area contributed by atoms with Gasteiger partial charge in [0.15, 0.2) is 0 Å². The summed E-state index contributed by atoms with van der Waals surface area (Å²) in [5.41, 5.74) is 7.51. The van der Waals surface area contributed by atoms with Crippen LogP contribution in [-0.4, -0.2) is 29.9 Å². The van der Waals surface area contributed by atoms with Crippen molar-refractivity contribution in [1.82, 2.24) is 4.90 Å². The third-order valence-electron chi connectivity index (χ3n) is 5.49. The van der Waals surface area contributed by atoms with E-state index < -0.39 is 0 Å². The van der Waals surface area contributed by atoms with Gasteiger partial charge in [0.1, 0.15) is 0 Å². The molecule has 23 heavy (non-hydrogen) atoms. The molecule has 1 saturated carbocycles. The fourth-order valence-corrected chi connectivity index (χ4v) is 4.01. The van der Waals surface area contributed by atoms with E-state index in [-0.39, 0.29) is 18.4 Å². The topological polar surface area (TPSA) is 46.3 Å². The number of rotatable bonds is 4. The Morgan fingerprint density at radius 2 is 1.78 bits per heavy atom. The van der Waals surface area contributed by atoms with Gasteiger partial charge in [-0.05, 0) is 49.5 Å². The minimum atomic E-state index is 0. The first-order valence-electron chi connectivity index (χ1n) is 8.79. The molecule has 1 aromatic rings. The molecule has 2 fully saturated rings. The summed E-state index contributed by atoms with van der Waals surface area (Å²) in [7, 11) is 0. The molecule has 0 radical (unpaired) electrons. The number of hydrogen-bond acceptors (Lipinski definition) is 2. The number of nitrogens with zero attached hydrogens (tertiary/aromatic N) is 1.